The van der Waals surface area contributed by atoms with Gasteiger partial charge in [0.1, 0.15) is 11.4 Å². The van der Waals surface area contributed by atoms with Crippen LogP contribution >= 0.6 is 0 Å². The highest BCUT2D eigenvalue weighted by molar-refractivity contribution is 5.83. The van der Waals surface area contributed by atoms with Crippen LogP contribution in [0, 0.1) is 6.92 Å². The van der Waals surface area contributed by atoms with Crippen molar-refractivity contribution in [2.24, 2.45) is 0 Å². The fourth-order valence-electron chi connectivity index (χ4n) is 2.25. The van der Waals surface area contributed by atoms with E-state index in [4.69, 9.17) is 9.47 Å². The van der Waals surface area contributed by atoms with E-state index in [2.05, 4.69) is 15.6 Å². The van der Waals surface area contributed by atoms with E-state index in [0.717, 1.165) is 37.4 Å². The summed E-state index contributed by atoms with van der Waals surface area (Å²) in [7, 11) is 0. The fraction of sp³-hybridized carbons (Fsp3) is 0.625. The second-order valence-electron chi connectivity index (χ2n) is 6.49. The lowest BCUT2D eigenvalue weighted by atomic mass is 10.1. The van der Waals surface area contributed by atoms with E-state index in [-0.39, 0.29) is 0 Å². The molecule has 1 aliphatic heterocycles. The SMILES string of the molecule is Cc1nc(NC(=O)OC(C)(C)C)ccc1NC1CCOCC1. The third-order valence-electron chi connectivity index (χ3n) is 3.30. The van der Waals surface area contributed by atoms with Crippen LogP contribution in [-0.4, -0.2) is 35.9 Å². The summed E-state index contributed by atoms with van der Waals surface area (Å²) in [5.74, 6) is 0.490. The van der Waals surface area contributed by atoms with E-state index in [1.54, 1.807) is 6.07 Å². The van der Waals surface area contributed by atoms with Gasteiger partial charge >= 0.3 is 6.09 Å². The fourth-order valence-corrected chi connectivity index (χ4v) is 2.25. The first kappa shape index (κ1) is 16.5. The third kappa shape index (κ3) is 5.18. The predicted molar refractivity (Wildman–Crippen MR) is 86.3 cm³/mol. The number of nitrogens with zero attached hydrogens (tertiary/aromatic N) is 1. The first-order valence-electron chi connectivity index (χ1n) is 7.65. The molecule has 0 radical (unpaired) electrons. The lowest BCUT2D eigenvalue weighted by Crippen LogP contribution is -2.28. The Balaban J connectivity index is 1.95. The van der Waals surface area contributed by atoms with Gasteiger partial charge < -0.3 is 14.8 Å². The minimum atomic E-state index is -0.524. The highest BCUT2D eigenvalue weighted by Crippen LogP contribution is 2.20. The molecule has 0 unspecified atom stereocenters. The number of anilines is 2. The monoisotopic (exact) mass is 307 g/mol. The van der Waals surface area contributed by atoms with E-state index in [1.807, 2.05) is 33.8 Å². The summed E-state index contributed by atoms with van der Waals surface area (Å²) in [5.41, 5.74) is 1.31. The number of hydrogen-bond donors (Lipinski definition) is 2. The van der Waals surface area contributed by atoms with Gasteiger partial charge in [0.2, 0.25) is 0 Å². The first-order valence-corrected chi connectivity index (χ1v) is 7.65. The van der Waals surface area contributed by atoms with E-state index >= 15 is 0 Å². The number of carbonyl (C=O) groups excluding carboxylic acids is 1. The van der Waals surface area contributed by atoms with Crippen molar-refractivity contribution in [3.8, 4) is 0 Å². The van der Waals surface area contributed by atoms with Crippen molar-refractivity contribution in [1.29, 1.82) is 0 Å². The van der Waals surface area contributed by atoms with Gasteiger partial charge in [-0.2, -0.15) is 0 Å². The van der Waals surface area contributed by atoms with Crippen molar-refractivity contribution in [1.82, 2.24) is 4.98 Å². The molecule has 2 heterocycles. The third-order valence-corrected chi connectivity index (χ3v) is 3.30. The Hall–Kier alpha value is -1.82. The van der Waals surface area contributed by atoms with Crippen LogP contribution in [0.15, 0.2) is 12.1 Å². The molecule has 0 spiro atoms. The molecule has 1 aliphatic rings. The summed E-state index contributed by atoms with van der Waals surface area (Å²) in [5, 5.41) is 6.13. The molecule has 6 nitrogen and oxygen atoms in total. The maximum Gasteiger partial charge on any atom is 0.413 e. The van der Waals surface area contributed by atoms with Gasteiger partial charge in [0.15, 0.2) is 0 Å². The normalized spacial score (nSPS) is 16.2. The maximum absolute atomic E-state index is 11.7. The van der Waals surface area contributed by atoms with Crippen LogP contribution in [0.4, 0.5) is 16.3 Å². The second kappa shape index (κ2) is 6.96. The molecular weight excluding hydrogens is 282 g/mol. The summed E-state index contributed by atoms with van der Waals surface area (Å²) >= 11 is 0. The van der Waals surface area contributed by atoms with E-state index in [9.17, 15) is 4.79 Å². The molecule has 2 rings (SSSR count). The van der Waals surface area contributed by atoms with Gasteiger partial charge in [-0.05, 0) is 52.7 Å². The van der Waals surface area contributed by atoms with Gasteiger partial charge in [-0.25, -0.2) is 9.78 Å². The molecule has 1 saturated heterocycles. The molecule has 1 amide bonds. The van der Waals surface area contributed by atoms with Gasteiger partial charge in [0.05, 0.1) is 11.4 Å². The molecule has 1 aromatic rings. The average molecular weight is 307 g/mol. The molecule has 1 aromatic heterocycles. The van der Waals surface area contributed by atoms with Crippen LogP contribution in [0.25, 0.3) is 0 Å². The number of amides is 1. The summed E-state index contributed by atoms with van der Waals surface area (Å²) in [4.78, 5) is 16.1. The van der Waals surface area contributed by atoms with Crippen LogP contribution in [0.1, 0.15) is 39.3 Å². The van der Waals surface area contributed by atoms with Crippen LogP contribution in [-0.2, 0) is 9.47 Å². The zero-order valence-electron chi connectivity index (χ0n) is 13.7. The molecule has 22 heavy (non-hydrogen) atoms. The molecule has 2 N–H and O–H groups in total. The Morgan fingerprint density at radius 2 is 2.00 bits per heavy atom. The molecule has 0 atom stereocenters. The number of ether oxygens (including phenoxy) is 2. The van der Waals surface area contributed by atoms with Crippen LogP contribution in [0.3, 0.4) is 0 Å². The zero-order valence-corrected chi connectivity index (χ0v) is 13.7. The van der Waals surface area contributed by atoms with E-state index < -0.39 is 11.7 Å². The molecule has 0 bridgehead atoms. The average Bonchev–Trinajstić information content (AvgIpc) is 2.41. The highest BCUT2D eigenvalue weighted by atomic mass is 16.6. The van der Waals surface area contributed by atoms with E-state index in [0.29, 0.717) is 11.9 Å². The van der Waals surface area contributed by atoms with Gasteiger partial charge in [-0.3, -0.25) is 5.32 Å². The molecule has 0 aliphatic carbocycles. The van der Waals surface area contributed by atoms with E-state index in [1.165, 1.54) is 0 Å². The Labute approximate surface area is 131 Å². The van der Waals surface area contributed by atoms with Crippen molar-refractivity contribution >= 4 is 17.6 Å². The summed E-state index contributed by atoms with van der Waals surface area (Å²) in [6.07, 6.45) is 1.50. The lowest BCUT2D eigenvalue weighted by molar-refractivity contribution is 0.0635. The summed E-state index contributed by atoms with van der Waals surface area (Å²) in [6, 6.07) is 4.13. The maximum atomic E-state index is 11.7. The van der Waals surface area contributed by atoms with Gasteiger partial charge in [0.25, 0.3) is 0 Å². The number of pyridine rings is 1. The van der Waals surface area contributed by atoms with Crippen molar-refractivity contribution in [2.75, 3.05) is 23.8 Å². The van der Waals surface area contributed by atoms with Crippen molar-refractivity contribution < 1.29 is 14.3 Å². The summed E-state index contributed by atoms with van der Waals surface area (Å²) < 4.78 is 10.6. The topological polar surface area (TPSA) is 72.5 Å². The minimum absolute atomic E-state index is 0.416. The predicted octanol–water partition coefficient (Wildman–Crippen LogP) is 3.33. The number of hydrogen-bond acceptors (Lipinski definition) is 5. The molecule has 0 aromatic carbocycles. The summed E-state index contributed by atoms with van der Waals surface area (Å²) in [6.45, 7) is 8.98. The zero-order chi connectivity index (χ0) is 16.2. The molecule has 122 valence electrons. The minimum Gasteiger partial charge on any atom is -0.444 e. The Morgan fingerprint density at radius 3 is 2.59 bits per heavy atom. The van der Waals surface area contributed by atoms with Crippen molar-refractivity contribution in [3.05, 3.63) is 17.8 Å². The molecular formula is C16H25N3O3. The number of aryl methyl sites for hydroxylation is 1. The molecule has 0 saturated carbocycles. The molecule has 6 heteroatoms. The molecule has 1 fully saturated rings. The van der Waals surface area contributed by atoms with Crippen LogP contribution in [0.5, 0.6) is 0 Å². The Kier molecular flexibility index (Phi) is 5.24. The van der Waals surface area contributed by atoms with Gasteiger partial charge in [0, 0.05) is 19.3 Å². The van der Waals surface area contributed by atoms with Crippen LogP contribution in [0.2, 0.25) is 0 Å². The Bertz CT molecular complexity index is 520. The largest absolute Gasteiger partial charge is 0.444 e. The van der Waals surface area contributed by atoms with Crippen molar-refractivity contribution in [2.45, 2.75) is 52.2 Å². The first-order chi connectivity index (χ1) is 10.3. The van der Waals surface area contributed by atoms with Crippen LogP contribution < -0.4 is 10.6 Å². The highest BCUT2D eigenvalue weighted by Gasteiger charge is 2.17. The standard InChI is InChI=1S/C16H25N3O3/c1-11-13(18-12-7-9-21-10-8-12)5-6-14(17-11)19-15(20)22-16(2,3)4/h5-6,12,18H,7-10H2,1-4H3,(H,17,19,20). The quantitative estimate of drug-likeness (QED) is 0.896. The number of rotatable bonds is 3. The number of nitrogens with one attached hydrogen (secondary N) is 2. The van der Waals surface area contributed by atoms with Gasteiger partial charge in [-0.1, -0.05) is 0 Å². The van der Waals surface area contributed by atoms with Gasteiger partial charge in [-0.15, -0.1) is 0 Å². The lowest BCUT2D eigenvalue weighted by Gasteiger charge is -2.25. The second-order valence-corrected chi connectivity index (χ2v) is 6.49. The van der Waals surface area contributed by atoms with Crippen molar-refractivity contribution in [3.63, 3.8) is 0 Å². The Morgan fingerprint density at radius 1 is 1.32 bits per heavy atom. The number of aromatic nitrogens is 1. The smallest absolute Gasteiger partial charge is 0.413 e. The number of carbonyl (C=O) groups is 1.